The summed E-state index contributed by atoms with van der Waals surface area (Å²) in [6.45, 7) is 0. The average Bonchev–Trinajstić information content (AvgIpc) is 3.51. The minimum atomic E-state index is -0.397. The van der Waals surface area contributed by atoms with E-state index in [1.54, 1.807) is 60.8 Å². The quantitative estimate of drug-likeness (QED) is 0.299. The molecule has 6 nitrogen and oxygen atoms in total. The van der Waals surface area contributed by atoms with Gasteiger partial charge in [0.15, 0.2) is 5.76 Å². The fourth-order valence-electron chi connectivity index (χ4n) is 3.53. The first kappa shape index (κ1) is 21.5. The van der Waals surface area contributed by atoms with Gasteiger partial charge in [0.05, 0.1) is 18.9 Å². The van der Waals surface area contributed by atoms with Gasteiger partial charge in [0, 0.05) is 21.5 Å². The Hall–Kier alpha value is -4.30. The molecule has 34 heavy (non-hydrogen) atoms. The Morgan fingerprint density at radius 1 is 1.03 bits per heavy atom. The zero-order valence-electron chi connectivity index (χ0n) is 17.9. The Kier molecular flexibility index (Phi) is 5.65. The molecule has 0 bridgehead atoms. The van der Waals surface area contributed by atoms with E-state index < -0.39 is 5.97 Å². The lowest BCUT2D eigenvalue weighted by molar-refractivity contribution is 0.0606. The smallest absolute Gasteiger partial charge is 0.348 e. The van der Waals surface area contributed by atoms with Gasteiger partial charge in [-0.15, -0.1) is 11.3 Å². The van der Waals surface area contributed by atoms with Gasteiger partial charge in [-0.1, -0.05) is 12.1 Å². The van der Waals surface area contributed by atoms with Crippen LogP contribution < -0.4 is 5.32 Å². The van der Waals surface area contributed by atoms with E-state index in [1.165, 1.54) is 30.6 Å². The molecule has 0 spiro atoms. The molecule has 1 N–H and O–H groups in total. The molecule has 0 saturated carbocycles. The number of hydrogen-bond donors (Lipinski definition) is 1. The molecule has 0 aliphatic rings. The normalized spacial score (nSPS) is 10.9. The Balaban J connectivity index is 1.42. The third-order valence-electron chi connectivity index (χ3n) is 5.20. The van der Waals surface area contributed by atoms with Crippen LogP contribution in [0.15, 0.2) is 83.4 Å². The molecule has 5 aromatic rings. The molecule has 0 aliphatic heterocycles. The number of aromatic nitrogens is 1. The van der Waals surface area contributed by atoms with E-state index in [0.717, 1.165) is 10.1 Å². The number of carbonyl (C=O) groups is 2. The maximum Gasteiger partial charge on any atom is 0.348 e. The second kappa shape index (κ2) is 8.92. The van der Waals surface area contributed by atoms with Crippen molar-refractivity contribution in [2.45, 2.75) is 0 Å². The van der Waals surface area contributed by atoms with Crippen molar-refractivity contribution in [3.63, 3.8) is 0 Å². The van der Waals surface area contributed by atoms with Gasteiger partial charge in [0.1, 0.15) is 10.7 Å². The summed E-state index contributed by atoms with van der Waals surface area (Å²) in [5.74, 6) is -0.324. The SMILES string of the molecule is COC(=O)c1cc2cc(NC(=O)c3ccccc3-c3ncc(-c4ccc(F)cc4)o3)ccc2s1. The van der Waals surface area contributed by atoms with Crippen molar-refractivity contribution in [2.24, 2.45) is 0 Å². The first-order valence-electron chi connectivity index (χ1n) is 10.3. The van der Waals surface area contributed by atoms with Crippen LogP contribution in [0.25, 0.3) is 32.9 Å². The molecule has 0 aliphatic carbocycles. The Morgan fingerprint density at radius 2 is 1.82 bits per heavy atom. The zero-order chi connectivity index (χ0) is 23.7. The van der Waals surface area contributed by atoms with Crippen molar-refractivity contribution in [3.8, 4) is 22.8 Å². The summed E-state index contributed by atoms with van der Waals surface area (Å²) in [5.41, 5.74) is 2.17. The summed E-state index contributed by atoms with van der Waals surface area (Å²) in [4.78, 5) is 29.7. The highest BCUT2D eigenvalue weighted by Crippen LogP contribution is 2.31. The highest BCUT2D eigenvalue weighted by atomic mass is 32.1. The second-order valence-electron chi connectivity index (χ2n) is 7.39. The topological polar surface area (TPSA) is 81.4 Å². The number of hydrogen-bond acceptors (Lipinski definition) is 6. The number of halogens is 1. The third kappa shape index (κ3) is 4.18. The molecule has 0 fully saturated rings. The van der Waals surface area contributed by atoms with E-state index in [9.17, 15) is 14.0 Å². The zero-order valence-corrected chi connectivity index (χ0v) is 18.7. The van der Waals surface area contributed by atoms with Crippen molar-refractivity contribution < 1.29 is 23.1 Å². The van der Waals surface area contributed by atoms with Crippen LogP contribution >= 0.6 is 11.3 Å². The Labute approximate surface area is 197 Å². The van der Waals surface area contributed by atoms with E-state index in [-0.39, 0.29) is 17.6 Å². The maximum atomic E-state index is 13.2. The largest absolute Gasteiger partial charge is 0.465 e. The fourth-order valence-corrected chi connectivity index (χ4v) is 4.50. The number of esters is 1. The van der Waals surface area contributed by atoms with Crippen LogP contribution in [0.2, 0.25) is 0 Å². The van der Waals surface area contributed by atoms with Gasteiger partial charge in [-0.3, -0.25) is 4.79 Å². The van der Waals surface area contributed by atoms with Crippen LogP contribution in [-0.2, 0) is 4.74 Å². The van der Waals surface area contributed by atoms with Crippen LogP contribution in [0.3, 0.4) is 0 Å². The summed E-state index contributed by atoms with van der Waals surface area (Å²) >= 11 is 1.33. The monoisotopic (exact) mass is 472 g/mol. The number of benzene rings is 3. The maximum absolute atomic E-state index is 13.2. The molecule has 5 rings (SSSR count). The second-order valence-corrected chi connectivity index (χ2v) is 8.47. The van der Waals surface area contributed by atoms with Crippen LogP contribution in [0.4, 0.5) is 10.1 Å². The minimum Gasteiger partial charge on any atom is -0.465 e. The van der Waals surface area contributed by atoms with E-state index in [4.69, 9.17) is 9.15 Å². The van der Waals surface area contributed by atoms with E-state index >= 15 is 0 Å². The average molecular weight is 472 g/mol. The van der Waals surface area contributed by atoms with Gasteiger partial charge in [-0.25, -0.2) is 14.2 Å². The molecular weight excluding hydrogens is 455 g/mol. The molecule has 3 aromatic carbocycles. The Bertz CT molecular complexity index is 1520. The number of oxazole rings is 1. The molecule has 0 unspecified atom stereocenters. The summed E-state index contributed by atoms with van der Waals surface area (Å²) in [7, 11) is 1.34. The molecule has 2 heterocycles. The molecule has 8 heteroatoms. The van der Waals surface area contributed by atoms with Crippen molar-refractivity contribution in [2.75, 3.05) is 12.4 Å². The number of nitrogens with one attached hydrogen (secondary N) is 1. The van der Waals surface area contributed by atoms with Crippen LogP contribution in [0, 0.1) is 5.82 Å². The van der Waals surface area contributed by atoms with Gasteiger partial charge in [-0.2, -0.15) is 0 Å². The predicted octanol–water partition coefficient (Wildman–Crippen LogP) is 6.40. The molecule has 1 amide bonds. The fraction of sp³-hybridized carbons (Fsp3) is 0.0385. The van der Waals surface area contributed by atoms with Gasteiger partial charge in [0.25, 0.3) is 5.91 Å². The number of anilines is 1. The number of ether oxygens (including phenoxy) is 1. The molecular formula is C26H17FN2O4S. The highest BCUT2D eigenvalue weighted by Gasteiger charge is 2.18. The van der Waals surface area contributed by atoms with Gasteiger partial charge in [0.2, 0.25) is 5.89 Å². The van der Waals surface area contributed by atoms with Crippen molar-refractivity contribution in [1.29, 1.82) is 0 Å². The number of nitrogens with zero attached hydrogens (tertiary/aromatic N) is 1. The van der Waals surface area contributed by atoms with Crippen LogP contribution in [-0.4, -0.2) is 24.0 Å². The summed E-state index contributed by atoms with van der Waals surface area (Å²) in [6.07, 6.45) is 1.54. The molecule has 168 valence electrons. The number of fused-ring (bicyclic) bond motifs is 1. The first-order chi connectivity index (χ1) is 16.5. The van der Waals surface area contributed by atoms with E-state index in [1.807, 2.05) is 6.07 Å². The van der Waals surface area contributed by atoms with E-state index in [0.29, 0.717) is 33.0 Å². The number of carbonyl (C=O) groups excluding carboxylic acids is 2. The molecule has 2 aromatic heterocycles. The van der Waals surface area contributed by atoms with Gasteiger partial charge >= 0.3 is 5.97 Å². The number of amides is 1. The first-order valence-corrected chi connectivity index (χ1v) is 11.1. The van der Waals surface area contributed by atoms with Crippen LogP contribution in [0.1, 0.15) is 20.0 Å². The number of methoxy groups -OCH3 is 1. The Morgan fingerprint density at radius 3 is 2.62 bits per heavy atom. The van der Waals surface area contributed by atoms with Crippen LogP contribution in [0.5, 0.6) is 0 Å². The number of thiophene rings is 1. The highest BCUT2D eigenvalue weighted by molar-refractivity contribution is 7.20. The lowest BCUT2D eigenvalue weighted by Gasteiger charge is -2.08. The van der Waals surface area contributed by atoms with Gasteiger partial charge in [-0.05, 0) is 66.0 Å². The van der Waals surface area contributed by atoms with Crippen molar-refractivity contribution in [1.82, 2.24) is 4.98 Å². The number of rotatable bonds is 5. The van der Waals surface area contributed by atoms with Crippen molar-refractivity contribution in [3.05, 3.63) is 95.3 Å². The minimum absolute atomic E-state index is 0.279. The summed E-state index contributed by atoms with van der Waals surface area (Å²) in [6, 6.07) is 20.0. The molecule has 0 atom stereocenters. The third-order valence-corrected chi connectivity index (χ3v) is 6.29. The summed E-state index contributed by atoms with van der Waals surface area (Å²) in [5, 5.41) is 3.72. The molecule has 0 radical (unpaired) electrons. The predicted molar refractivity (Wildman–Crippen MR) is 128 cm³/mol. The standard InChI is InChI=1S/C26H17FN2O4S/c1-32-26(31)23-13-16-12-18(10-11-22(16)34-23)29-24(30)19-4-2-3-5-20(19)25-28-14-21(33-25)15-6-8-17(27)9-7-15/h2-14H,1H3,(H,29,30). The lowest BCUT2D eigenvalue weighted by atomic mass is 10.1. The molecule has 0 saturated heterocycles. The van der Waals surface area contributed by atoms with Crippen molar-refractivity contribution >= 4 is 39.0 Å². The summed E-state index contributed by atoms with van der Waals surface area (Å²) < 4.78 is 24.8. The van der Waals surface area contributed by atoms with Gasteiger partial charge < -0.3 is 14.5 Å². The van der Waals surface area contributed by atoms with E-state index in [2.05, 4.69) is 10.3 Å². The lowest BCUT2D eigenvalue weighted by Crippen LogP contribution is -2.13.